The first-order chi connectivity index (χ1) is 8.01. The van der Waals surface area contributed by atoms with E-state index in [0.29, 0.717) is 6.61 Å². The molecule has 0 aromatic carbocycles. The van der Waals surface area contributed by atoms with Crippen LogP contribution in [0.3, 0.4) is 0 Å². The molecule has 1 unspecified atom stereocenters. The van der Waals surface area contributed by atoms with E-state index in [1.807, 2.05) is 6.92 Å². The SMILES string of the molecule is CCC(COC)Nc1c(N)n(C)c(=O)[nH]c1=O. The molecule has 1 aromatic rings. The summed E-state index contributed by atoms with van der Waals surface area (Å²) < 4.78 is 6.20. The molecule has 1 atom stereocenters. The highest BCUT2D eigenvalue weighted by atomic mass is 16.5. The van der Waals surface area contributed by atoms with Crippen LogP contribution in [0.15, 0.2) is 9.59 Å². The van der Waals surface area contributed by atoms with Gasteiger partial charge in [0.05, 0.1) is 6.61 Å². The van der Waals surface area contributed by atoms with E-state index in [-0.39, 0.29) is 17.5 Å². The van der Waals surface area contributed by atoms with Crippen LogP contribution in [0.5, 0.6) is 0 Å². The second kappa shape index (κ2) is 5.53. The van der Waals surface area contributed by atoms with Crippen LogP contribution in [0.25, 0.3) is 0 Å². The molecule has 0 radical (unpaired) electrons. The Hall–Kier alpha value is -1.76. The third kappa shape index (κ3) is 2.88. The molecule has 1 aromatic heterocycles. The minimum absolute atomic E-state index is 0.0269. The van der Waals surface area contributed by atoms with Gasteiger partial charge in [0.25, 0.3) is 5.56 Å². The number of nitrogens with zero attached hydrogens (tertiary/aromatic N) is 1. The largest absolute Gasteiger partial charge is 0.383 e. The molecule has 0 aliphatic carbocycles. The minimum Gasteiger partial charge on any atom is -0.383 e. The van der Waals surface area contributed by atoms with E-state index in [9.17, 15) is 9.59 Å². The molecule has 96 valence electrons. The van der Waals surface area contributed by atoms with Gasteiger partial charge in [0.2, 0.25) is 0 Å². The lowest BCUT2D eigenvalue weighted by molar-refractivity contribution is 0.184. The van der Waals surface area contributed by atoms with Crippen molar-refractivity contribution in [2.75, 3.05) is 24.8 Å². The number of nitrogens with two attached hydrogens (primary N) is 1. The zero-order valence-electron chi connectivity index (χ0n) is 10.2. The van der Waals surface area contributed by atoms with Crippen molar-refractivity contribution in [2.24, 2.45) is 7.05 Å². The fraction of sp³-hybridized carbons (Fsp3) is 0.600. The Kier molecular flexibility index (Phi) is 4.33. The first-order valence-electron chi connectivity index (χ1n) is 5.35. The second-order valence-electron chi connectivity index (χ2n) is 3.78. The third-order valence-corrected chi connectivity index (χ3v) is 2.58. The molecule has 4 N–H and O–H groups in total. The van der Waals surface area contributed by atoms with Crippen molar-refractivity contribution in [3.63, 3.8) is 0 Å². The van der Waals surface area contributed by atoms with Crippen LogP contribution < -0.4 is 22.3 Å². The van der Waals surface area contributed by atoms with Gasteiger partial charge in [-0.15, -0.1) is 0 Å². The molecule has 7 heteroatoms. The van der Waals surface area contributed by atoms with Gasteiger partial charge in [-0.3, -0.25) is 14.3 Å². The van der Waals surface area contributed by atoms with Crippen molar-refractivity contribution in [2.45, 2.75) is 19.4 Å². The summed E-state index contributed by atoms with van der Waals surface area (Å²) in [5, 5.41) is 2.98. The van der Waals surface area contributed by atoms with E-state index in [4.69, 9.17) is 10.5 Å². The number of methoxy groups -OCH3 is 1. The fourth-order valence-corrected chi connectivity index (χ4v) is 1.44. The average molecular weight is 242 g/mol. The smallest absolute Gasteiger partial charge is 0.329 e. The Morgan fingerprint density at radius 2 is 2.18 bits per heavy atom. The van der Waals surface area contributed by atoms with E-state index < -0.39 is 11.2 Å². The van der Waals surface area contributed by atoms with Crippen LogP contribution in [0.1, 0.15) is 13.3 Å². The predicted molar refractivity (Wildman–Crippen MR) is 66.3 cm³/mol. The number of nitrogen functional groups attached to an aromatic ring is 1. The lowest BCUT2D eigenvalue weighted by atomic mass is 10.2. The van der Waals surface area contributed by atoms with Crippen molar-refractivity contribution in [1.29, 1.82) is 0 Å². The summed E-state index contributed by atoms with van der Waals surface area (Å²) in [6.07, 6.45) is 0.773. The van der Waals surface area contributed by atoms with Gasteiger partial charge < -0.3 is 15.8 Å². The molecule has 0 spiro atoms. The van der Waals surface area contributed by atoms with Crippen molar-refractivity contribution >= 4 is 11.5 Å². The summed E-state index contributed by atoms with van der Waals surface area (Å²) >= 11 is 0. The Morgan fingerprint density at radius 1 is 1.53 bits per heavy atom. The van der Waals surface area contributed by atoms with Gasteiger partial charge in [-0.2, -0.15) is 0 Å². The lowest BCUT2D eigenvalue weighted by Gasteiger charge is -2.18. The number of hydrogen-bond acceptors (Lipinski definition) is 5. The summed E-state index contributed by atoms with van der Waals surface area (Å²) in [5.74, 6) is 0.119. The molecule has 0 aliphatic rings. The number of ether oxygens (including phenoxy) is 1. The number of nitrogens with one attached hydrogen (secondary N) is 2. The quantitative estimate of drug-likeness (QED) is 0.645. The van der Waals surface area contributed by atoms with Crippen LogP contribution in [-0.2, 0) is 11.8 Å². The number of aromatic nitrogens is 2. The van der Waals surface area contributed by atoms with Gasteiger partial charge in [-0.05, 0) is 6.42 Å². The van der Waals surface area contributed by atoms with E-state index in [1.165, 1.54) is 11.6 Å². The molecular formula is C10H18N4O3. The Morgan fingerprint density at radius 3 is 2.71 bits per heavy atom. The highest BCUT2D eigenvalue weighted by Crippen LogP contribution is 2.11. The summed E-state index contributed by atoms with van der Waals surface area (Å²) in [6, 6.07) is -0.0269. The molecule has 0 saturated heterocycles. The summed E-state index contributed by atoms with van der Waals surface area (Å²) in [7, 11) is 3.08. The molecule has 7 nitrogen and oxygen atoms in total. The maximum atomic E-state index is 11.6. The van der Waals surface area contributed by atoms with Gasteiger partial charge in [0, 0.05) is 20.2 Å². The standard InChI is InChI=1S/C10H18N4O3/c1-4-6(5-17-3)12-7-8(11)14(2)10(16)13-9(7)15/h6,12H,4-5,11H2,1-3H3,(H,13,15,16). The van der Waals surface area contributed by atoms with Gasteiger partial charge in [0.15, 0.2) is 0 Å². The van der Waals surface area contributed by atoms with E-state index in [2.05, 4.69) is 10.3 Å². The van der Waals surface area contributed by atoms with Crippen molar-refractivity contribution in [3.8, 4) is 0 Å². The van der Waals surface area contributed by atoms with Gasteiger partial charge in [-0.1, -0.05) is 6.92 Å². The van der Waals surface area contributed by atoms with Crippen LogP contribution in [0, 0.1) is 0 Å². The first kappa shape index (κ1) is 13.3. The molecule has 1 heterocycles. The molecule has 0 fully saturated rings. The highest BCUT2D eigenvalue weighted by Gasteiger charge is 2.13. The normalized spacial score (nSPS) is 12.4. The predicted octanol–water partition coefficient (Wildman–Crippen LogP) is -0.507. The van der Waals surface area contributed by atoms with Crippen LogP contribution in [0.4, 0.5) is 11.5 Å². The van der Waals surface area contributed by atoms with Crippen LogP contribution in [0.2, 0.25) is 0 Å². The molecule has 0 aliphatic heterocycles. The highest BCUT2D eigenvalue weighted by molar-refractivity contribution is 5.60. The second-order valence-corrected chi connectivity index (χ2v) is 3.78. The molecule has 0 bridgehead atoms. The minimum atomic E-state index is -0.530. The number of rotatable bonds is 5. The van der Waals surface area contributed by atoms with Crippen molar-refractivity contribution in [1.82, 2.24) is 9.55 Å². The Bertz CT molecular complexity index is 491. The Balaban J connectivity index is 3.10. The van der Waals surface area contributed by atoms with E-state index in [1.54, 1.807) is 7.11 Å². The van der Waals surface area contributed by atoms with Gasteiger partial charge in [0.1, 0.15) is 11.5 Å². The van der Waals surface area contributed by atoms with Gasteiger partial charge >= 0.3 is 5.69 Å². The van der Waals surface area contributed by atoms with E-state index >= 15 is 0 Å². The number of aromatic amines is 1. The van der Waals surface area contributed by atoms with Gasteiger partial charge in [-0.25, -0.2) is 4.79 Å². The van der Waals surface area contributed by atoms with Crippen molar-refractivity contribution in [3.05, 3.63) is 20.8 Å². The number of H-pyrrole nitrogens is 1. The Labute approximate surface area is 98.6 Å². The average Bonchev–Trinajstić information content (AvgIpc) is 2.30. The van der Waals surface area contributed by atoms with Crippen LogP contribution >= 0.6 is 0 Å². The molecule has 1 rings (SSSR count). The third-order valence-electron chi connectivity index (χ3n) is 2.58. The van der Waals surface area contributed by atoms with E-state index in [0.717, 1.165) is 6.42 Å². The monoisotopic (exact) mass is 242 g/mol. The fourth-order valence-electron chi connectivity index (χ4n) is 1.44. The summed E-state index contributed by atoms with van der Waals surface area (Å²) in [6.45, 7) is 2.42. The van der Waals surface area contributed by atoms with Crippen LogP contribution in [-0.4, -0.2) is 29.3 Å². The maximum absolute atomic E-state index is 11.6. The van der Waals surface area contributed by atoms with Crippen molar-refractivity contribution < 1.29 is 4.74 Å². The molecular weight excluding hydrogens is 224 g/mol. The number of anilines is 2. The summed E-state index contributed by atoms with van der Waals surface area (Å²) in [5.41, 5.74) is 4.88. The summed E-state index contributed by atoms with van der Waals surface area (Å²) in [4.78, 5) is 25.1. The zero-order valence-corrected chi connectivity index (χ0v) is 10.2. The first-order valence-corrected chi connectivity index (χ1v) is 5.35. The molecule has 0 saturated carbocycles. The number of hydrogen-bond donors (Lipinski definition) is 3. The maximum Gasteiger partial charge on any atom is 0.329 e. The lowest BCUT2D eigenvalue weighted by Crippen LogP contribution is -2.35. The topological polar surface area (TPSA) is 102 Å². The molecule has 0 amide bonds. The zero-order chi connectivity index (χ0) is 13.0. The molecule has 17 heavy (non-hydrogen) atoms.